The highest BCUT2D eigenvalue weighted by atomic mass is 16.6. The third-order valence-corrected chi connectivity index (χ3v) is 1.67. The molecule has 0 bridgehead atoms. The molecule has 0 saturated carbocycles. The maximum atomic E-state index is 5.19. The molecule has 0 N–H and O–H groups in total. The fourth-order valence-corrected chi connectivity index (χ4v) is 0.976. The van der Waals surface area contributed by atoms with E-state index in [4.69, 9.17) is 9.57 Å². The normalized spacial score (nSPS) is 18.1. The van der Waals surface area contributed by atoms with Crippen LogP contribution in [0.5, 0.6) is 0 Å². The summed E-state index contributed by atoms with van der Waals surface area (Å²) < 4.78 is 5.19. The number of nitrogens with zero attached hydrogens (tertiary/aromatic N) is 1. The van der Waals surface area contributed by atoms with Gasteiger partial charge in [-0.25, -0.2) is 0 Å². The van der Waals surface area contributed by atoms with Crippen LogP contribution in [0.3, 0.4) is 0 Å². The number of oxime groups is 1. The molecule has 0 aromatic carbocycles. The minimum Gasteiger partial charge on any atom is -0.396 e. The van der Waals surface area contributed by atoms with Gasteiger partial charge >= 0.3 is 0 Å². The monoisotopic (exact) mass is 171 g/mol. The first-order valence-corrected chi connectivity index (χ1v) is 4.54. The van der Waals surface area contributed by atoms with E-state index in [0.29, 0.717) is 12.5 Å². The van der Waals surface area contributed by atoms with Gasteiger partial charge < -0.3 is 9.57 Å². The quantitative estimate of drug-likeness (QED) is 0.606. The van der Waals surface area contributed by atoms with E-state index < -0.39 is 0 Å². The molecule has 1 fully saturated rings. The molecule has 1 aliphatic heterocycles. The van der Waals surface area contributed by atoms with Crippen molar-refractivity contribution in [1.29, 1.82) is 0 Å². The third-order valence-electron chi connectivity index (χ3n) is 1.67. The first-order valence-electron chi connectivity index (χ1n) is 4.54. The van der Waals surface area contributed by atoms with Gasteiger partial charge in [0.2, 0.25) is 0 Å². The smallest absolute Gasteiger partial charge is 0.119 e. The summed E-state index contributed by atoms with van der Waals surface area (Å²) >= 11 is 0. The summed E-state index contributed by atoms with van der Waals surface area (Å²) in [6.45, 7) is 6.53. The molecule has 0 aliphatic carbocycles. The zero-order chi connectivity index (χ0) is 8.81. The minimum absolute atomic E-state index is 0.550. The molecule has 3 heteroatoms. The number of hydrogen-bond acceptors (Lipinski definition) is 3. The highest BCUT2D eigenvalue weighted by Crippen LogP contribution is 2.03. The second kappa shape index (κ2) is 5.14. The van der Waals surface area contributed by atoms with Crippen LogP contribution in [0, 0.1) is 5.92 Å². The fourth-order valence-electron chi connectivity index (χ4n) is 0.976. The Kier molecular flexibility index (Phi) is 4.08. The lowest BCUT2D eigenvalue weighted by atomic mass is 10.2. The molecule has 1 heterocycles. The van der Waals surface area contributed by atoms with Crippen LogP contribution in [0.4, 0.5) is 0 Å². The summed E-state index contributed by atoms with van der Waals surface area (Å²) in [7, 11) is 0. The number of ether oxygens (including phenoxy) is 1. The van der Waals surface area contributed by atoms with Crippen molar-refractivity contribution in [2.24, 2.45) is 11.1 Å². The Morgan fingerprint density at radius 1 is 1.42 bits per heavy atom. The molecule has 1 saturated heterocycles. The summed E-state index contributed by atoms with van der Waals surface area (Å²) in [5, 5.41) is 4.06. The Morgan fingerprint density at radius 3 is 2.67 bits per heavy atom. The lowest BCUT2D eigenvalue weighted by Gasteiger charge is -2.13. The Balaban J connectivity index is 2.16. The highest BCUT2D eigenvalue weighted by molar-refractivity contribution is 5.84. The predicted octanol–water partition coefficient (Wildman–Crippen LogP) is 1.83. The Hall–Kier alpha value is -0.570. The van der Waals surface area contributed by atoms with E-state index in [2.05, 4.69) is 19.0 Å². The summed E-state index contributed by atoms with van der Waals surface area (Å²) in [5.74, 6) is 0.550. The van der Waals surface area contributed by atoms with Gasteiger partial charge in [0.15, 0.2) is 0 Å². The summed E-state index contributed by atoms with van der Waals surface area (Å²) in [6, 6.07) is 0. The molecule has 70 valence electrons. The van der Waals surface area contributed by atoms with Crippen molar-refractivity contribution < 1.29 is 9.57 Å². The van der Waals surface area contributed by atoms with Crippen LogP contribution < -0.4 is 0 Å². The Bertz CT molecular complexity index is 147. The maximum Gasteiger partial charge on any atom is 0.119 e. The first-order chi connectivity index (χ1) is 5.79. The van der Waals surface area contributed by atoms with Gasteiger partial charge in [0, 0.05) is 12.8 Å². The van der Waals surface area contributed by atoms with Crippen LogP contribution in [0.1, 0.15) is 26.7 Å². The molecular formula is C9H17NO2. The molecule has 0 amide bonds. The molecule has 0 aromatic rings. The molecule has 1 rings (SSSR count). The number of hydrogen-bond donors (Lipinski definition) is 0. The average molecular weight is 171 g/mol. The summed E-state index contributed by atoms with van der Waals surface area (Å²) in [4.78, 5) is 5.17. The van der Waals surface area contributed by atoms with E-state index >= 15 is 0 Å². The minimum atomic E-state index is 0.550. The van der Waals surface area contributed by atoms with Gasteiger partial charge in [-0.15, -0.1) is 0 Å². The average Bonchev–Trinajstić information content (AvgIpc) is 2.05. The second-order valence-electron chi connectivity index (χ2n) is 3.46. The standard InChI is InChI=1S/C9H17NO2/c1-8(2)7-12-10-9-3-5-11-6-4-9/h8H,3-7H2,1-2H3. The van der Waals surface area contributed by atoms with E-state index in [-0.39, 0.29) is 0 Å². The van der Waals surface area contributed by atoms with E-state index in [9.17, 15) is 0 Å². The molecule has 3 nitrogen and oxygen atoms in total. The fraction of sp³-hybridized carbons (Fsp3) is 0.889. The number of rotatable bonds is 3. The van der Waals surface area contributed by atoms with E-state index in [0.717, 1.165) is 31.8 Å². The highest BCUT2D eigenvalue weighted by Gasteiger charge is 2.07. The van der Waals surface area contributed by atoms with Crippen LogP contribution in [-0.2, 0) is 9.57 Å². The molecule has 0 spiro atoms. The summed E-state index contributed by atoms with van der Waals surface area (Å²) in [6.07, 6.45) is 1.86. The lowest BCUT2D eigenvalue weighted by molar-refractivity contribution is 0.105. The molecule has 0 radical (unpaired) electrons. The van der Waals surface area contributed by atoms with Crippen LogP contribution in [0.2, 0.25) is 0 Å². The van der Waals surface area contributed by atoms with Crippen LogP contribution in [0.15, 0.2) is 5.16 Å². The van der Waals surface area contributed by atoms with Gasteiger partial charge in [0.1, 0.15) is 6.61 Å². The van der Waals surface area contributed by atoms with E-state index in [1.165, 1.54) is 0 Å². The van der Waals surface area contributed by atoms with Gasteiger partial charge in [-0.1, -0.05) is 19.0 Å². The van der Waals surface area contributed by atoms with Gasteiger partial charge in [-0.3, -0.25) is 0 Å². The van der Waals surface area contributed by atoms with E-state index in [1.54, 1.807) is 0 Å². The molecule has 1 aliphatic rings. The van der Waals surface area contributed by atoms with Gasteiger partial charge in [0.05, 0.1) is 18.9 Å². The lowest BCUT2D eigenvalue weighted by Crippen LogP contribution is -2.15. The molecule has 0 aromatic heterocycles. The van der Waals surface area contributed by atoms with Gasteiger partial charge in [0.25, 0.3) is 0 Å². The van der Waals surface area contributed by atoms with Crippen LogP contribution in [-0.4, -0.2) is 25.5 Å². The van der Waals surface area contributed by atoms with E-state index in [1.807, 2.05) is 0 Å². The van der Waals surface area contributed by atoms with Crippen molar-refractivity contribution in [2.75, 3.05) is 19.8 Å². The zero-order valence-corrected chi connectivity index (χ0v) is 7.88. The molecule has 12 heavy (non-hydrogen) atoms. The third kappa shape index (κ3) is 3.72. The molecule has 0 atom stereocenters. The van der Waals surface area contributed by atoms with Gasteiger partial charge in [-0.2, -0.15) is 0 Å². The van der Waals surface area contributed by atoms with Crippen molar-refractivity contribution >= 4 is 5.71 Å². The van der Waals surface area contributed by atoms with Crippen molar-refractivity contribution in [1.82, 2.24) is 0 Å². The Labute approximate surface area is 73.7 Å². The van der Waals surface area contributed by atoms with Crippen molar-refractivity contribution in [2.45, 2.75) is 26.7 Å². The SMILES string of the molecule is CC(C)CON=C1CCOCC1. The van der Waals surface area contributed by atoms with Gasteiger partial charge in [-0.05, 0) is 5.92 Å². The zero-order valence-electron chi connectivity index (χ0n) is 7.88. The maximum absolute atomic E-state index is 5.19. The first kappa shape index (κ1) is 9.52. The summed E-state index contributed by atoms with van der Waals surface area (Å²) in [5.41, 5.74) is 1.14. The van der Waals surface area contributed by atoms with Crippen LogP contribution in [0.25, 0.3) is 0 Å². The van der Waals surface area contributed by atoms with Crippen molar-refractivity contribution in [3.05, 3.63) is 0 Å². The van der Waals surface area contributed by atoms with Crippen molar-refractivity contribution in [3.63, 3.8) is 0 Å². The van der Waals surface area contributed by atoms with Crippen molar-refractivity contribution in [3.8, 4) is 0 Å². The molecule has 0 unspecified atom stereocenters. The predicted molar refractivity (Wildman–Crippen MR) is 48.3 cm³/mol. The molecular weight excluding hydrogens is 154 g/mol. The van der Waals surface area contributed by atoms with Crippen LogP contribution >= 0.6 is 0 Å². The largest absolute Gasteiger partial charge is 0.396 e. The Morgan fingerprint density at radius 2 is 2.08 bits per heavy atom. The second-order valence-corrected chi connectivity index (χ2v) is 3.46. The topological polar surface area (TPSA) is 30.8 Å².